The van der Waals surface area contributed by atoms with Crippen molar-refractivity contribution in [2.24, 2.45) is 0 Å². The number of nitrogens with zero attached hydrogens (tertiary/aromatic N) is 3. The Morgan fingerprint density at radius 2 is 2.09 bits per heavy atom. The molecule has 23 heavy (non-hydrogen) atoms. The van der Waals surface area contributed by atoms with Crippen LogP contribution in [0.25, 0.3) is 10.2 Å². The van der Waals surface area contributed by atoms with Gasteiger partial charge in [-0.15, -0.1) is 0 Å². The fourth-order valence-electron chi connectivity index (χ4n) is 4.01. The second-order valence-corrected chi connectivity index (χ2v) is 7.84. The Morgan fingerprint density at radius 3 is 2.91 bits per heavy atom. The van der Waals surface area contributed by atoms with Crippen LogP contribution in [0.3, 0.4) is 0 Å². The van der Waals surface area contributed by atoms with E-state index in [4.69, 9.17) is 5.73 Å². The minimum atomic E-state index is 0.142. The number of benzene rings is 1. The molecule has 1 amide bonds. The Hall–Kier alpha value is -1.66. The summed E-state index contributed by atoms with van der Waals surface area (Å²) >= 11 is 1.45. The van der Waals surface area contributed by atoms with E-state index in [1.165, 1.54) is 24.2 Å². The zero-order valence-electron chi connectivity index (χ0n) is 13.6. The smallest absolute Gasteiger partial charge is 0.253 e. The van der Waals surface area contributed by atoms with Crippen LogP contribution in [-0.4, -0.2) is 52.9 Å². The number of nitrogens with two attached hydrogens (primary N) is 1. The summed E-state index contributed by atoms with van der Waals surface area (Å²) in [5.41, 5.74) is 8.51. The quantitative estimate of drug-likeness (QED) is 0.872. The second-order valence-electron chi connectivity index (χ2n) is 6.78. The Balaban J connectivity index is 1.64. The van der Waals surface area contributed by atoms with Gasteiger partial charge in [-0.2, -0.15) is 0 Å². The van der Waals surface area contributed by atoms with Crippen molar-refractivity contribution >= 4 is 32.6 Å². The predicted molar refractivity (Wildman–Crippen MR) is 93.9 cm³/mol. The zero-order chi connectivity index (χ0) is 16.1. The zero-order valence-corrected chi connectivity index (χ0v) is 14.4. The van der Waals surface area contributed by atoms with Crippen LogP contribution in [0.1, 0.15) is 35.2 Å². The van der Waals surface area contributed by atoms with E-state index in [1.807, 2.05) is 24.0 Å². The van der Waals surface area contributed by atoms with Crippen LogP contribution in [0, 0.1) is 6.92 Å². The number of anilines is 1. The summed E-state index contributed by atoms with van der Waals surface area (Å²) in [5, 5.41) is 0.557. The molecule has 2 aliphatic heterocycles. The highest BCUT2D eigenvalue weighted by Gasteiger charge is 2.36. The van der Waals surface area contributed by atoms with Crippen LogP contribution < -0.4 is 5.73 Å². The number of fused-ring (bicyclic) bond motifs is 3. The first kappa shape index (κ1) is 14.9. The van der Waals surface area contributed by atoms with Gasteiger partial charge >= 0.3 is 0 Å². The molecule has 2 saturated heterocycles. The van der Waals surface area contributed by atoms with E-state index < -0.39 is 0 Å². The van der Waals surface area contributed by atoms with Gasteiger partial charge in [0.15, 0.2) is 5.13 Å². The number of aryl methyl sites for hydroxylation is 1. The topological polar surface area (TPSA) is 62.5 Å². The summed E-state index contributed by atoms with van der Waals surface area (Å²) in [5.74, 6) is 0.142. The molecule has 1 aromatic carbocycles. The third-order valence-electron chi connectivity index (χ3n) is 5.38. The molecule has 2 N–H and O–H groups in total. The molecule has 6 heteroatoms. The molecule has 1 aromatic heterocycles. The molecule has 4 rings (SSSR count). The fourth-order valence-corrected chi connectivity index (χ4v) is 4.86. The number of likely N-dealkylation sites (tertiary alicyclic amines) is 1. The van der Waals surface area contributed by atoms with Gasteiger partial charge in [-0.3, -0.25) is 9.69 Å². The van der Waals surface area contributed by atoms with Gasteiger partial charge in [-0.1, -0.05) is 11.3 Å². The Labute approximate surface area is 140 Å². The summed E-state index contributed by atoms with van der Waals surface area (Å²) in [6, 6.07) is 5.06. The SMILES string of the molecule is Cc1cc(C(=O)N2CC[C@@H]3CC[C@H](C2)N3C)cc2sc(N)nc12. The maximum atomic E-state index is 13.0. The summed E-state index contributed by atoms with van der Waals surface area (Å²) < 4.78 is 0.999. The number of nitrogen functional groups attached to an aromatic ring is 1. The van der Waals surface area contributed by atoms with Crippen LogP contribution in [0.4, 0.5) is 5.13 Å². The van der Waals surface area contributed by atoms with Gasteiger partial charge in [0, 0.05) is 30.7 Å². The van der Waals surface area contributed by atoms with Crippen LogP contribution in [0.2, 0.25) is 0 Å². The van der Waals surface area contributed by atoms with Crippen molar-refractivity contribution in [3.8, 4) is 0 Å². The summed E-state index contributed by atoms with van der Waals surface area (Å²) in [7, 11) is 2.20. The van der Waals surface area contributed by atoms with Gasteiger partial charge in [0.25, 0.3) is 5.91 Å². The third-order valence-corrected chi connectivity index (χ3v) is 6.22. The minimum absolute atomic E-state index is 0.142. The lowest BCUT2D eigenvalue weighted by molar-refractivity contribution is 0.0740. The van der Waals surface area contributed by atoms with Crippen LogP contribution >= 0.6 is 11.3 Å². The molecule has 2 atom stereocenters. The van der Waals surface area contributed by atoms with Gasteiger partial charge in [0.05, 0.1) is 10.2 Å². The number of aromatic nitrogens is 1. The molecule has 5 nitrogen and oxygen atoms in total. The third kappa shape index (κ3) is 2.50. The molecule has 2 aromatic rings. The maximum Gasteiger partial charge on any atom is 0.253 e. The van der Waals surface area contributed by atoms with E-state index in [-0.39, 0.29) is 5.91 Å². The first-order chi connectivity index (χ1) is 11.0. The standard InChI is InChI=1S/C17H22N4OS/c1-10-7-11(8-14-15(10)19-17(18)23-14)16(22)21-6-5-12-3-4-13(9-21)20(12)2/h7-8,12-13H,3-6,9H2,1-2H3,(H2,18,19)/t12-,13+/m0/s1. The largest absolute Gasteiger partial charge is 0.375 e. The molecule has 0 unspecified atom stereocenters. The van der Waals surface area contributed by atoms with Gasteiger partial charge in [-0.25, -0.2) is 4.98 Å². The highest BCUT2D eigenvalue weighted by molar-refractivity contribution is 7.22. The number of thiazole rings is 1. The molecular weight excluding hydrogens is 308 g/mol. The molecule has 2 bridgehead atoms. The number of likely N-dealkylation sites (N-methyl/N-ethyl adjacent to an activating group) is 1. The lowest BCUT2D eigenvalue weighted by atomic mass is 10.1. The van der Waals surface area contributed by atoms with Crippen molar-refractivity contribution in [3.63, 3.8) is 0 Å². The molecule has 0 spiro atoms. The Bertz CT molecular complexity index is 771. The summed E-state index contributed by atoms with van der Waals surface area (Å²) in [6.07, 6.45) is 3.55. The predicted octanol–water partition coefficient (Wildman–Crippen LogP) is 2.50. The highest BCUT2D eigenvalue weighted by Crippen LogP contribution is 2.31. The lowest BCUT2D eigenvalue weighted by Crippen LogP contribution is -2.39. The van der Waals surface area contributed by atoms with Crippen molar-refractivity contribution in [3.05, 3.63) is 23.3 Å². The van der Waals surface area contributed by atoms with Gasteiger partial charge in [0.2, 0.25) is 0 Å². The molecule has 122 valence electrons. The average Bonchev–Trinajstić information content (AvgIpc) is 2.98. The van der Waals surface area contributed by atoms with E-state index in [0.29, 0.717) is 17.2 Å². The van der Waals surface area contributed by atoms with E-state index in [9.17, 15) is 4.79 Å². The molecular formula is C17H22N4OS. The lowest BCUT2D eigenvalue weighted by Gasteiger charge is -2.26. The number of hydrogen-bond donors (Lipinski definition) is 1. The summed E-state index contributed by atoms with van der Waals surface area (Å²) in [4.78, 5) is 21.8. The number of carbonyl (C=O) groups is 1. The fraction of sp³-hybridized carbons (Fsp3) is 0.529. The molecule has 3 heterocycles. The van der Waals surface area contributed by atoms with Crippen LogP contribution in [0.5, 0.6) is 0 Å². The highest BCUT2D eigenvalue weighted by atomic mass is 32.1. The number of hydrogen-bond acceptors (Lipinski definition) is 5. The van der Waals surface area contributed by atoms with E-state index in [0.717, 1.165) is 40.9 Å². The monoisotopic (exact) mass is 330 g/mol. The van der Waals surface area contributed by atoms with Crippen LogP contribution in [-0.2, 0) is 0 Å². The average molecular weight is 330 g/mol. The Morgan fingerprint density at radius 1 is 1.30 bits per heavy atom. The first-order valence-corrected chi connectivity index (χ1v) is 9.02. The number of carbonyl (C=O) groups excluding carboxylic acids is 1. The minimum Gasteiger partial charge on any atom is -0.375 e. The number of amides is 1. The molecule has 0 radical (unpaired) electrons. The maximum absolute atomic E-state index is 13.0. The second kappa shape index (κ2) is 5.46. The molecule has 2 fully saturated rings. The van der Waals surface area contributed by atoms with Crippen molar-refractivity contribution < 1.29 is 4.79 Å². The van der Waals surface area contributed by atoms with Gasteiger partial charge < -0.3 is 10.6 Å². The van der Waals surface area contributed by atoms with Crippen LogP contribution in [0.15, 0.2) is 12.1 Å². The Kier molecular flexibility index (Phi) is 3.54. The van der Waals surface area contributed by atoms with Crippen molar-refractivity contribution in [1.29, 1.82) is 0 Å². The molecule has 2 aliphatic rings. The van der Waals surface area contributed by atoms with Crippen molar-refractivity contribution in [2.45, 2.75) is 38.3 Å². The summed E-state index contributed by atoms with van der Waals surface area (Å²) in [6.45, 7) is 3.69. The molecule has 0 saturated carbocycles. The normalized spacial score (nSPS) is 25.0. The van der Waals surface area contributed by atoms with Gasteiger partial charge in [-0.05, 0) is 50.9 Å². The van der Waals surface area contributed by atoms with E-state index in [2.05, 4.69) is 16.9 Å². The van der Waals surface area contributed by atoms with Gasteiger partial charge in [0.1, 0.15) is 0 Å². The first-order valence-electron chi connectivity index (χ1n) is 8.21. The molecule has 0 aliphatic carbocycles. The number of rotatable bonds is 1. The van der Waals surface area contributed by atoms with E-state index >= 15 is 0 Å². The van der Waals surface area contributed by atoms with Crippen molar-refractivity contribution in [1.82, 2.24) is 14.8 Å². The van der Waals surface area contributed by atoms with Crippen molar-refractivity contribution in [2.75, 3.05) is 25.9 Å². The van der Waals surface area contributed by atoms with E-state index in [1.54, 1.807) is 0 Å².